The van der Waals surface area contributed by atoms with Crippen LogP contribution < -0.4 is 4.74 Å². The largest absolute Gasteiger partial charge is 0.490 e. The number of aliphatic carboxylic acids is 2. The molecule has 5 heteroatoms. The van der Waals surface area contributed by atoms with Gasteiger partial charge in [0, 0.05) is 12.0 Å². The van der Waals surface area contributed by atoms with Crippen molar-refractivity contribution in [1.82, 2.24) is 0 Å². The van der Waals surface area contributed by atoms with Crippen molar-refractivity contribution in [3.05, 3.63) is 29.8 Å². The summed E-state index contributed by atoms with van der Waals surface area (Å²) in [6, 6.07) is 6.37. The summed E-state index contributed by atoms with van der Waals surface area (Å²) in [5.74, 6) is -2.38. The molecule has 5 nitrogen and oxygen atoms in total. The monoisotopic (exact) mass is 236 g/mol. The highest BCUT2D eigenvalue weighted by Gasteiger charge is 2.53. The van der Waals surface area contributed by atoms with E-state index in [9.17, 15) is 19.8 Å². The van der Waals surface area contributed by atoms with Crippen molar-refractivity contribution in [3.8, 4) is 5.75 Å². The van der Waals surface area contributed by atoms with Crippen LogP contribution in [0.25, 0.3) is 0 Å². The van der Waals surface area contributed by atoms with Crippen molar-refractivity contribution < 1.29 is 24.5 Å². The SMILES string of the molecule is CC1CC(C(=O)O)(C(=O)O)c2ccccc2O1. The summed E-state index contributed by atoms with van der Waals surface area (Å²) in [5.41, 5.74) is -1.70. The van der Waals surface area contributed by atoms with Gasteiger partial charge in [-0.25, -0.2) is 0 Å². The first-order chi connectivity index (χ1) is 7.98. The third-order valence-electron chi connectivity index (χ3n) is 3.00. The summed E-state index contributed by atoms with van der Waals surface area (Å²) in [6.45, 7) is 1.66. The van der Waals surface area contributed by atoms with E-state index in [2.05, 4.69) is 0 Å². The van der Waals surface area contributed by atoms with Gasteiger partial charge in [-0.15, -0.1) is 0 Å². The van der Waals surface area contributed by atoms with E-state index >= 15 is 0 Å². The van der Waals surface area contributed by atoms with Crippen LogP contribution in [0.3, 0.4) is 0 Å². The topological polar surface area (TPSA) is 83.8 Å². The van der Waals surface area contributed by atoms with Gasteiger partial charge < -0.3 is 14.9 Å². The molecule has 0 radical (unpaired) electrons. The molecule has 0 aromatic heterocycles. The van der Waals surface area contributed by atoms with E-state index in [1.807, 2.05) is 0 Å². The maximum Gasteiger partial charge on any atom is 0.325 e. The van der Waals surface area contributed by atoms with E-state index in [4.69, 9.17) is 4.74 Å². The summed E-state index contributed by atoms with van der Waals surface area (Å²) in [4.78, 5) is 22.8. The van der Waals surface area contributed by atoms with Crippen molar-refractivity contribution in [2.24, 2.45) is 0 Å². The lowest BCUT2D eigenvalue weighted by atomic mass is 9.74. The molecule has 2 N–H and O–H groups in total. The number of para-hydroxylation sites is 1. The minimum Gasteiger partial charge on any atom is -0.490 e. The molecule has 0 saturated carbocycles. The van der Waals surface area contributed by atoms with Gasteiger partial charge in [0.25, 0.3) is 0 Å². The third-order valence-corrected chi connectivity index (χ3v) is 3.00. The van der Waals surface area contributed by atoms with Crippen molar-refractivity contribution in [2.45, 2.75) is 24.9 Å². The van der Waals surface area contributed by atoms with E-state index in [1.54, 1.807) is 25.1 Å². The quantitative estimate of drug-likeness (QED) is 0.755. The molecule has 90 valence electrons. The molecule has 0 saturated heterocycles. The molecular weight excluding hydrogens is 224 g/mol. The number of carboxylic acid groups (broad SMARTS) is 2. The molecule has 1 atom stereocenters. The van der Waals surface area contributed by atoms with Crippen LogP contribution in [0.1, 0.15) is 18.9 Å². The maximum absolute atomic E-state index is 11.4. The van der Waals surface area contributed by atoms with Crippen LogP contribution in [-0.2, 0) is 15.0 Å². The number of hydrogen-bond donors (Lipinski definition) is 2. The van der Waals surface area contributed by atoms with Gasteiger partial charge in [-0.2, -0.15) is 0 Å². The van der Waals surface area contributed by atoms with Gasteiger partial charge in [-0.05, 0) is 13.0 Å². The normalized spacial score (nSPS) is 21.1. The predicted molar refractivity (Wildman–Crippen MR) is 58.1 cm³/mol. The number of rotatable bonds is 2. The molecule has 17 heavy (non-hydrogen) atoms. The first-order valence-corrected chi connectivity index (χ1v) is 5.21. The molecule has 0 bridgehead atoms. The Morgan fingerprint density at radius 2 is 1.88 bits per heavy atom. The first kappa shape index (κ1) is 11.4. The highest BCUT2D eigenvalue weighted by Crippen LogP contribution is 2.41. The molecule has 1 aromatic carbocycles. The van der Waals surface area contributed by atoms with Gasteiger partial charge in [0.2, 0.25) is 0 Å². The Labute approximate surface area is 97.6 Å². The highest BCUT2D eigenvalue weighted by molar-refractivity contribution is 6.05. The molecular formula is C12H12O5. The number of carbonyl (C=O) groups is 2. The van der Waals surface area contributed by atoms with E-state index < -0.39 is 23.5 Å². The van der Waals surface area contributed by atoms with Crippen molar-refractivity contribution >= 4 is 11.9 Å². The number of benzene rings is 1. The fraction of sp³-hybridized carbons (Fsp3) is 0.333. The maximum atomic E-state index is 11.4. The Morgan fingerprint density at radius 3 is 2.47 bits per heavy atom. The smallest absolute Gasteiger partial charge is 0.325 e. The Hall–Kier alpha value is -2.04. The summed E-state index contributed by atoms with van der Waals surface area (Å²) in [5, 5.41) is 18.6. The van der Waals surface area contributed by atoms with E-state index in [0.29, 0.717) is 5.75 Å². The average molecular weight is 236 g/mol. The van der Waals surface area contributed by atoms with E-state index in [-0.39, 0.29) is 12.0 Å². The van der Waals surface area contributed by atoms with Crippen molar-refractivity contribution in [2.75, 3.05) is 0 Å². The number of fused-ring (bicyclic) bond motifs is 1. The Morgan fingerprint density at radius 1 is 1.29 bits per heavy atom. The Balaban J connectivity index is 2.69. The fourth-order valence-corrected chi connectivity index (χ4v) is 2.22. The van der Waals surface area contributed by atoms with Gasteiger partial charge in [-0.3, -0.25) is 9.59 Å². The lowest BCUT2D eigenvalue weighted by Gasteiger charge is -2.35. The van der Waals surface area contributed by atoms with Crippen LogP contribution >= 0.6 is 0 Å². The second-order valence-corrected chi connectivity index (χ2v) is 4.14. The summed E-state index contributed by atoms with van der Waals surface area (Å²) >= 11 is 0. The molecule has 2 rings (SSSR count). The van der Waals surface area contributed by atoms with Crippen LogP contribution in [0.15, 0.2) is 24.3 Å². The second kappa shape index (κ2) is 3.76. The minimum atomic E-state index is -1.91. The molecule has 0 aliphatic carbocycles. The molecule has 0 amide bonds. The molecule has 1 aliphatic heterocycles. The van der Waals surface area contributed by atoms with Gasteiger partial charge >= 0.3 is 11.9 Å². The lowest BCUT2D eigenvalue weighted by molar-refractivity contribution is -0.160. The Bertz CT molecular complexity index is 466. The van der Waals surface area contributed by atoms with Gasteiger partial charge in [0.15, 0.2) is 5.41 Å². The molecule has 0 fully saturated rings. The summed E-state index contributed by atoms with van der Waals surface area (Å²) in [6.07, 6.45) is -0.522. The molecule has 1 aromatic rings. The number of ether oxygens (including phenoxy) is 1. The highest BCUT2D eigenvalue weighted by atomic mass is 16.5. The van der Waals surface area contributed by atoms with Crippen LogP contribution in [0.5, 0.6) is 5.75 Å². The van der Waals surface area contributed by atoms with Crippen molar-refractivity contribution in [3.63, 3.8) is 0 Å². The van der Waals surface area contributed by atoms with Crippen LogP contribution in [-0.4, -0.2) is 28.3 Å². The van der Waals surface area contributed by atoms with E-state index in [0.717, 1.165) is 0 Å². The number of hydrogen-bond acceptors (Lipinski definition) is 3. The summed E-state index contributed by atoms with van der Waals surface area (Å²) < 4.78 is 5.46. The van der Waals surface area contributed by atoms with Crippen molar-refractivity contribution in [1.29, 1.82) is 0 Å². The molecule has 0 spiro atoms. The lowest BCUT2D eigenvalue weighted by Crippen LogP contribution is -2.49. The van der Waals surface area contributed by atoms with Crippen LogP contribution in [0.2, 0.25) is 0 Å². The van der Waals surface area contributed by atoms with E-state index in [1.165, 1.54) is 6.07 Å². The zero-order chi connectivity index (χ0) is 12.6. The minimum absolute atomic E-state index is 0.0747. The van der Waals surface area contributed by atoms with Crippen LogP contribution in [0, 0.1) is 0 Å². The average Bonchev–Trinajstić information content (AvgIpc) is 2.26. The molecule has 1 aliphatic rings. The summed E-state index contributed by atoms with van der Waals surface area (Å²) in [7, 11) is 0. The van der Waals surface area contributed by atoms with Gasteiger partial charge in [0.05, 0.1) is 6.10 Å². The standard InChI is InChI=1S/C12H12O5/c1-7-6-12(10(13)14,11(15)16)8-4-2-3-5-9(8)17-7/h2-5,7H,6H2,1H3,(H,13,14)(H,15,16). The first-order valence-electron chi connectivity index (χ1n) is 5.21. The second-order valence-electron chi connectivity index (χ2n) is 4.14. The molecule has 1 heterocycles. The zero-order valence-corrected chi connectivity index (χ0v) is 9.21. The number of carboxylic acids is 2. The van der Waals surface area contributed by atoms with Gasteiger partial charge in [0.1, 0.15) is 5.75 Å². The zero-order valence-electron chi connectivity index (χ0n) is 9.21. The fourth-order valence-electron chi connectivity index (χ4n) is 2.22. The molecule has 1 unspecified atom stereocenters. The predicted octanol–water partition coefficient (Wildman–Crippen LogP) is 1.26. The van der Waals surface area contributed by atoms with Crippen LogP contribution in [0.4, 0.5) is 0 Å². The third kappa shape index (κ3) is 1.54. The van der Waals surface area contributed by atoms with Gasteiger partial charge in [-0.1, -0.05) is 18.2 Å². The Kier molecular flexibility index (Phi) is 2.53.